The van der Waals surface area contributed by atoms with E-state index in [0.29, 0.717) is 0 Å². The lowest BCUT2D eigenvalue weighted by molar-refractivity contribution is 0.587. The van der Waals surface area contributed by atoms with E-state index in [1.54, 1.807) is 6.92 Å². The highest BCUT2D eigenvalue weighted by atomic mass is 79.9. The molecule has 0 N–H and O–H groups in total. The molecule has 1 aromatic rings. The maximum atomic E-state index is 11.4. The van der Waals surface area contributed by atoms with Gasteiger partial charge in [-0.1, -0.05) is 31.9 Å². The molecule has 90 valence electrons. The van der Waals surface area contributed by atoms with Gasteiger partial charge in [-0.25, -0.2) is 8.42 Å². The van der Waals surface area contributed by atoms with Gasteiger partial charge < -0.3 is 0 Å². The van der Waals surface area contributed by atoms with Gasteiger partial charge in [-0.05, 0) is 30.7 Å². The topological polar surface area (TPSA) is 34.1 Å². The van der Waals surface area contributed by atoms with Crippen molar-refractivity contribution >= 4 is 53.3 Å². The summed E-state index contributed by atoms with van der Waals surface area (Å²) in [5.41, 5.74) is 0.772. The van der Waals surface area contributed by atoms with Crippen molar-refractivity contribution in [2.45, 2.75) is 17.6 Å². The highest BCUT2D eigenvalue weighted by Gasteiger charge is 2.27. The molecule has 2 unspecified atom stereocenters. The molecule has 0 aliphatic rings. The number of rotatable bonds is 3. The first-order valence-corrected chi connectivity index (χ1v) is 8.49. The summed E-state index contributed by atoms with van der Waals surface area (Å²) in [7, 11) is -3.15. The largest absolute Gasteiger partial charge is 0.229 e. The standard InChI is InChI=1S/C10H11Br2ClO2S/c1-6(16(2,14)15)10(13)8-5-7(11)3-4-9(8)12/h3-6,10H,1-2H3. The lowest BCUT2D eigenvalue weighted by atomic mass is 10.1. The molecular weight excluding hydrogens is 379 g/mol. The molecule has 0 radical (unpaired) electrons. The zero-order valence-corrected chi connectivity index (χ0v) is 13.5. The van der Waals surface area contributed by atoms with Crippen LogP contribution in [-0.2, 0) is 9.84 Å². The van der Waals surface area contributed by atoms with Gasteiger partial charge in [-0.3, -0.25) is 0 Å². The van der Waals surface area contributed by atoms with Gasteiger partial charge in [0.05, 0.1) is 10.6 Å². The van der Waals surface area contributed by atoms with E-state index in [1.807, 2.05) is 18.2 Å². The number of benzene rings is 1. The Morgan fingerprint density at radius 1 is 1.31 bits per heavy atom. The SMILES string of the molecule is CC(C(Cl)c1cc(Br)ccc1Br)S(C)(=O)=O. The smallest absolute Gasteiger partial charge is 0.151 e. The third kappa shape index (κ3) is 3.45. The predicted octanol–water partition coefficient (Wildman–Crippen LogP) is 3.92. The van der Waals surface area contributed by atoms with Gasteiger partial charge in [0.2, 0.25) is 0 Å². The second kappa shape index (κ2) is 5.38. The van der Waals surface area contributed by atoms with Crippen molar-refractivity contribution < 1.29 is 8.42 Å². The summed E-state index contributed by atoms with van der Waals surface area (Å²) in [5, 5.41) is -1.19. The minimum Gasteiger partial charge on any atom is -0.229 e. The predicted molar refractivity (Wildman–Crippen MR) is 74.7 cm³/mol. The van der Waals surface area contributed by atoms with Crippen molar-refractivity contribution in [1.29, 1.82) is 0 Å². The first kappa shape index (κ1) is 14.5. The van der Waals surface area contributed by atoms with Crippen molar-refractivity contribution in [2.24, 2.45) is 0 Å². The third-order valence-electron chi connectivity index (χ3n) is 2.34. The minimum atomic E-state index is -3.15. The van der Waals surface area contributed by atoms with Crippen LogP contribution in [0.5, 0.6) is 0 Å². The van der Waals surface area contributed by atoms with Crippen LogP contribution in [0.4, 0.5) is 0 Å². The normalized spacial score (nSPS) is 15.8. The molecule has 2 atom stereocenters. The molecule has 16 heavy (non-hydrogen) atoms. The summed E-state index contributed by atoms with van der Waals surface area (Å²) >= 11 is 12.9. The number of alkyl halides is 1. The summed E-state index contributed by atoms with van der Waals surface area (Å²) in [6.45, 7) is 1.61. The van der Waals surface area contributed by atoms with Crippen LogP contribution in [0, 0.1) is 0 Å². The highest BCUT2D eigenvalue weighted by Crippen LogP contribution is 2.35. The second-order valence-corrected chi connectivity index (χ2v) is 8.25. The Morgan fingerprint density at radius 3 is 2.38 bits per heavy atom. The van der Waals surface area contributed by atoms with E-state index in [-0.39, 0.29) is 0 Å². The fourth-order valence-corrected chi connectivity index (χ4v) is 3.52. The van der Waals surface area contributed by atoms with Gasteiger partial charge >= 0.3 is 0 Å². The Morgan fingerprint density at radius 2 is 1.88 bits per heavy atom. The first-order chi connectivity index (χ1) is 7.23. The van der Waals surface area contributed by atoms with Gasteiger partial charge in [0.25, 0.3) is 0 Å². The quantitative estimate of drug-likeness (QED) is 0.733. The lowest BCUT2D eigenvalue weighted by Crippen LogP contribution is -2.21. The van der Waals surface area contributed by atoms with E-state index in [1.165, 1.54) is 6.26 Å². The molecule has 0 heterocycles. The average Bonchev–Trinajstić information content (AvgIpc) is 2.18. The van der Waals surface area contributed by atoms with Gasteiger partial charge in [-0.2, -0.15) is 0 Å². The Bertz CT molecular complexity index is 488. The van der Waals surface area contributed by atoms with Crippen LogP contribution in [0.3, 0.4) is 0 Å². The molecule has 1 rings (SSSR count). The minimum absolute atomic E-state index is 0.568. The maximum Gasteiger partial charge on any atom is 0.151 e. The van der Waals surface area contributed by atoms with Crippen molar-refractivity contribution in [1.82, 2.24) is 0 Å². The van der Waals surface area contributed by atoms with E-state index < -0.39 is 20.5 Å². The summed E-state index contributed by atoms with van der Waals surface area (Å²) in [4.78, 5) is 0. The fraction of sp³-hybridized carbons (Fsp3) is 0.400. The van der Waals surface area contributed by atoms with Crippen LogP contribution in [0.25, 0.3) is 0 Å². The summed E-state index contributed by atoms with van der Waals surface area (Å²) in [6.07, 6.45) is 1.19. The van der Waals surface area contributed by atoms with Crippen molar-refractivity contribution in [3.63, 3.8) is 0 Å². The molecule has 0 fully saturated rings. The Balaban J connectivity index is 3.14. The van der Waals surface area contributed by atoms with Crippen molar-refractivity contribution in [3.8, 4) is 0 Å². The number of hydrogen-bond acceptors (Lipinski definition) is 2. The Labute approximate surface area is 118 Å². The lowest BCUT2D eigenvalue weighted by Gasteiger charge is -2.18. The van der Waals surface area contributed by atoms with Crippen LogP contribution in [0.1, 0.15) is 17.9 Å². The molecule has 0 aromatic heterocycles. The summed E-state index contributed by atoms with van der Waals surface area (Å²) in [6, 6.07) is 5.52. The summed E-state index contributed by atoms with van der Waals surface area (Å²) < 4.78 is 24.5. The van der Waals surface area contributed by atoms with E-state index in [0.717, 1.165) is 14.5 Å². The van der Waals surface area contributed by atoms with Crippen LogP contribution in [-0.4, -0.2) is 19.9 Å². The van der Waals surface area contributed by atoms with Gasteiger partial charge in [0.1, 0.15) is 0 Å². The first-order valence-electron chi connectivity index (χ1n) is 4.51. The van der Waals surface area contributed by atoms with Crippen molar-refractivity contribution in [3.05, 3.63) is 32.7 Å². The van der Waals surface area contributed by atoms with E-state index in [9.17, 15) is 8.42 Å². The average molecular weight is 391 g/mol. The highest BCUT2D eigenvalue weighted by molar-refractivity contribution is 9.11. The van der Waals surface area contributed by atoms with Gasteiger partial charge in [0, 0.05) is 15.2 Å². The van der Waals surface area contributed by atoms with E-state index in [4.69, 9.17) is 11.6 Å². The second-order valence-electron chi connectivity index (χ2n) is 3.60. The number of halogens is 3. The molecule has 0 aliphatic heterocycles. The molecular formula is C10H11Br2ClO2S. The Hall–Kier alpha value is 0.420. The molecule has 1 aromatic carbocycles. The maximum absolute atomic E-state index is 11.4. The number of sulfone groups is 1. The summed E-state index contributed by atoms with van der Waals surface area (Å²) in [5.74, 6) is 0. The molecule has 0 saturated heterocycles. The van der Waals surface area contributed by atoms with E-state index in [2.05, 4.69) is 31.9 Å². The molecule has 6 heteroatoms. The molecule has 0 spiro atoms. The zero-order valence-electron chi connectivity index (χ0n) is 8.75. The van der Waals surface area contributed by atoms with E-state index >= 15 is 0 Å². The number of hydrogen-bond donors (Lipinski definition) is 0. The molecule has 0 aliphatic carbocycles. The van der Waals surface area contributed by atoms with Crippen LogP contribution < -0.4 is 0 Å². The molecule has 0 saturated carbocycles. The van der Waals surface area contributed by atoms with Gasteiger partial charge in [-0.15, -0.1) is 11.6 Å². The molecule has 2 nitrogen and oxygen atoms in total. The van der Waals surface area contributed by atoms with Gasteiger partial charge in [0.15, 0.2) is 9.84 Å². The van der Waals surface area contributed by atoms with Crippen LogP contribution >= 0.6 is 43.5 Å². The Kier molecular flexibility index (Phi) is 4.87. The monoisotopic (exact) mass is 388 g/mol. The van der Waals surface area contributed by atoms with Crippen molar-refractivity contribution in [2.75, 3.05) is 6.26 Å². The van der Waals surface area contributed by atoms with Crippen LogP contribution in [0.15, 0.2) is 27.1 Å². The third-order valence-corrected chi connectivity index (χ3v) is 5.94. The van der Waals surface area contributed by atoms with Crippen LogP contribution in [0.2, 0.25) is 0 Å². The zero-order chi connectivity index (χ0) is 12.5. The molecule has 0 amide bonds. The molecule has 0 bridgehead atoms. The fourth-order valence-electron chi connectivity index (χ4n) is 1.20.